The molecule has 1 aromatic rings. The molecule has 1 saturated heterocycles. The van der Waals surface area contributed by atoms with E-state index in [1.165, 1.54) is 13.0 Å². The Kier molecular flexibility index (Phi) is 2.40. The zero-order valence-corrected chi connectivity index (χ0v) is 12.0. The van der Waals surface area contributed by atoms with E-state index >= 15 is 0 Å². The van der Waals surface area contributed by atoms with Gasteiger partial charge in [-0.05, 0) is 31.5 Å². The summed E-state index contributed by atoms with van der Waals surface area (Å²) in [4.78, 5) is 2.53. The first kappa shape index (κ1) is 11.6. The Balaban J connectivity index is 2.23. The van der Waals surface area contributed by atoms with Crippen molar-refractivity contribution in [1.29, 1.82) is 0 Å². The molecule has 2 atom stereocenters. The second-order valence-electron chi connectivity index (χ2n) is 6.20. The van der Waals surface area contributed by atoms with E-state index in [4.69, 9.17) is 0 Å². The first-order valence-corrected chi connectivity index (χ1v) is 7.31. The third kappa shape index (κ3) is 1.50. The molecule has 2 bridgehead atoms. The molecule has 2 unspecified atom stereocenters. The second kappa shape index (κ2) is 3.52. The first-order chi connectivity index (χ1) is 7.95. The minimum atomic E-state index is 0.246. The Morgan fingerprint density at radius 3 is 2.53 bits per heavy atom. The molecule has 17 heavy (non-hydrogen) atoms. The van der Waals surface area contributed by atoms with Gasteiger partial charge in [0.05, 0.1) is 5.37 Å². The monoisotopic (exact) mass is 247 g/mol. The van der Waals surface area contributed by atoms with Gasteiger partial charge in [0.2, 0.25) is 0 Å². The number of fused-ring (bicyclic) bond motifs is 4. The van der Waals surface area contributed by atoms with Crippen LogP contribution in [0.25, 0.3) is 0 Å². The Bertz CT molecular complexity index is 454. The SMILES string of the molecule is CN1CCC2(C)SC1C(C)(C)c1ccccc12. The van der Waals surface area contributed by atoms with E-state index in [2.05, 4.69) is 68.7 Å². The molecule has 0 aliphatic carbocycles. The van der Waals surface area contributed by atoms with Gasteiger partial charge < -0.3 is 0 Å². The summed E-state index contributed by atoms with van der Waals surface area (Å²) in [6.45, 7) is 8.42. The van der Waals surface area contributed by atoms with E-state index < -0.39 is 0 Å². The summed E-state index contributed by atoms with van der Waals surface area (Å²) in [7, 11) is 2.27. The van der Waals surface area contributed by atoms with E-state index in [-0.39, 0.29) is 5.41 Å². The highest BCUT2D eigenvalue weighted by Crippen LogP contribution is 2.57. The number of thioether (sulfide) groups is 1. The maximum Gasteiger partial charge on any atom is 0.0656 e. The second-order valence-corrected chi connectivity index (χ2v) is 7.78. The zero-order chi connectivity index (χ0) is 12.3. The van der Waals surface area contributed by atoms with Gasteiger partial charge in [0, 0.05) is 16.7 Å². The van der Waals surface area contributed by atoms with Crippen LogP contribution in [0.4, 0.5) is 0 Å². The maximum atomic E-state index is 2.53. The first-order valence-electron chi connectivity index (χ1n) is 6.43. The lowest BCUT2D eigenvalue weighted by atomic mass is 9.75. The topological polar surface area (TPSA) is 3.24 Å². The van der Waals surface area contributed by atoms with Gasteiger partial charge in [0.15, 0.2) is 0 Å². The third-order valence-electron chi connectivity index (χ3n) is 4.52. The van der Waals surface area contributed by atoms with Crippen LogP contribution in [0.3, 0.4) is 0 Å². The summed E-state index contributed by atoms with van der Waals surface area (Å²) in [5.41, 5.74) is 3.37. The van der Waals surface area contributed by atoms with Crippen LogP contribution in [0.5, 0.6) is 0 Å². The molecule has 1 aromatic carbocycles. The van der Waals surface area contributed by atoms with Gasteiger partial charge in [-0.2, -0.15) is 0 Å². The molecule has 3 rings (SSSR count). The average molecular weight is 247 g/mol. The number of hydrogen-bond donors (Lipinski definition) is 0. The fourth-order valence-electron chi connectivity index (χ4n) is 3.44. The average Bonchev–Trinajstić information content (AvgIpc) is 2.31. The summed E-state index contributed by atoms with van der Waals surface area (Å²) in [5, 5.41) is 0.608. The highest BCUT2D eigenvalue weighted by Gasteiger charge is 2.50. The number of hydrogen-bond acceptors (Lipinski definition) is 2. The number of rotatable bonds is 0. The molecule has 0 spiro atoms. The molecule has 1 fully saturated rings. The van der Waals surface area contributed by atoms with Crippen molar-refractivity contribution in [3.05, 3.63) is 35.4 Å². The molecule has 0 aromatic heterocycles. The Labute approximate surface area is 109 Å². The third-order valence-corrected chi connectivity index (χ3v) is 6.64. The van der Waals surface area contributed by atoms with Gasteiger partial charge in [-0.3, -0.25) is 4.90 Å². The van der Waals surface area contributed by atoms with Crippen molar-refractivity contribution < 1.29 is 0 Å². The highest BCUT2D eigenvalue weighted by atomic mass is 32.2. The van der Waals surface area contributed by atoms with Crippen molar-refractivity contribution in [3.63, 3.8) is 0 Å². The minimum Gasteiger partial charge on any atom is -0.294 e. The van der Waals surface area contributed by atoms with Gasteiger partial charge in [0.1, 0.15) is 0 Å². The fourth-order valence-corrected chi connectivity index (χ4v) is 5.15. The Hall–Kier alpha value is -0.470. The van der Waals surface area contributed by atoms with Gasteiger partial charge >= 0.3 is 0 Å². The molecule has 2 heteroatoms. The lowest BCUT2D eigenvalue weighted by molar-refractivity contribution is 0.198. The highest BCUT2D eigenvalue weighted by molar-refractivity contribution is 8.01. The summed E-state index contributed by atoms with van der Waals surface area (Å²) in [6, 6.07) is 9.06. The van der Waals surface area contributed by atoms with Gasteiger partial charge in [-0.25, -0.2) is 0 Å². The summed E-state index contributed by atoms with van der Waals surface area (Å²) in [5.74, 6) is 0. The van der Waals surface area contributed by atoms with Gasteiger partial charge in [0.25, 0.3) is 0 Å². The maximum absolute atomic E-state index is 2.53. The Morgan fingerprint density at radius 1 is 1.18 bits per heavy atom. The number of likely N-dealkylation sites (N-methyl/N-ethyl adjacent to an activating group) is 1. The van der Waals surface area contributed by atoms with Crippen LogP contribution in [0.2, 0.25) is 0 Å². The molecule has 92 valence electrons. The largest absolute Gasteiger partial charge is 0.294 e. The molecule has 0 N–H and O–H groups in total. The zero-order valence-electron chi connectivity index (χ0n) is 11.2. The normalized spacial score (nSPS) is 35.4. The van der Waals surface area contributed by atoms with Crippen LogP contribution in [0.1, 0.15) is 38.3 Å². The van der Waals surface area contributed by atoms with Crippen molar-refractivity contribution >= 4 is 11.8 Å². The van der Waals surface area contributed by atoms with Crippen molar-refractivity contribution in [3.8, 4) is 0 Å². The number of nitrogens with zero attached hydrogens (tertiary/aromatic N) is 1. The Morgan fingerprint density at radius 2 is 1.82 bits per heavy atom. The van der Waals surface area contributed by atoms with E-state index in [9.17, 15) is 0 Å². The van der Waals surface area contributed by atoms with E-state index in [1.807, 2.05) is 0 Å². The lowest BCUT2D eigenvalue weighted by Crippen LogP contribution is -2.54. The van der Waals surface area contributed by atoms with E-state index in [0.717, 1.165) is 0 Å². The van der Waals surface area contributed by atoms with Crippen molar-refractivity contribution in [2.45, 2.75) is 42.7 Å². The molecule has 0 radical (unpaired) electrons. The van der Waals surface area contributed by atoms with Gasteiger partial charge in [-0.1, -0.05) is 38.1 Å². The van der Waals surface area contributed by atoms with Crippen LogP contribution in [0, 0.1) is 0 Å². The molecular formula is C15H21NS. The van der Waals surface area contributed by atoms with Crippen LogP contribution < -0.4 is 0 Å². The number of benzene rings is 1. The quantitative estimate of drug-likeness (QED) is 0.689. The van der Waals surface area contributed by atoms with Gasteiger partial charge in [-0.15, -0.1) is 11.8 Å². The van der Waals surface area contributed by atoms with E-state index in [0.29, 0.717) is 10.1 Å². The van der Waals surface area contributed by atoms with E-state index in [1.54, 1.807) is 11.1 Å². The molecule has 0 saturated carbocycles. The van der Waals surface area contributed by atoms with Crippen molar-refractivity contribution in [2.75, 3.05) is 13.6 Å². The molecule has 2 aliphatic heterocycles. The fraction of sp³-hybridized carbons (Fsp3) is 0.600. The predicted octanol–water partition coefficient (Wildman–Crippen LogP) is 3.59. The summed E-state index contributed by atoms with van der Waals surface area (Å²) in [6.07, 6.45) is 1.26. The van der Waals surface area contributed by atoms with Crippen LogP contribution in [-0.4, -0.2) is 23.9 Å². The van der Waals surface area contributed by atoms with Crippen LogP contribution >= 0.6 is 11.8 Å². The summed E-state index contributed by atoms with van der Waals surface area (Å²) < 4.78 is 0.323. The lowest BCUT2D eigenvalue weighted by Gasteiger charge is -2.55. The summed E-state index contributed by atoms with van der Waals surface area (Å²) >= 11 is 2.16. The minimum absolute atomic E-state index is 0.246. The van der Waals surface area contributed by atoms with Crippen molar-refractivity contribution in [2.24, 2.45) is 0 Å². The standard InChI is InChI=1S/C15H21NS/c1-14(2)11-7-5-6-8-12(11)15(3)9-10-16(4)13(14)17-15/h5-8,13H,9-10H2,1-4H3. The molecule has 2 heterocycles. The molecule has 0 amide bonds. The van der Waals surface area contributed by atoms with Crippen LogP contribution in [0.15, 0.2) is 24.3 Å². The van der Waals surface area contributed by atoms with Crippen molar-refractivity contribution in [1.82, 2.24) is 4.90 Å². The smallest absolute Gasteiger partial charge is 0.0656 e. The van der Waals surface area contributed by atoms with Crippen LogP contribution in [-0.2, 0) is 10.2 Å². The molecular weight excluding hydrogens is 226 g/mol. The molecule has 1 nitrogen and oxygen atoms in total. The molecule has 2 aliphatic rings. The predicted molar refractivity (Wildman–Crippen MR) is 75.4 cm³/mol.